The number of halogens is 1. The number of hydrogen-bond acceptors (Lipinski definition) is 3. The normalized spacial score (nSPS) is 33.9. The van der Waals surface area contributed by atoms with Gasteiger partial charge in [0.1, 0.15) is 5.75 Å². The summed E-state index contributed by atoms with van der Waals surface area (Å²) in [5, 5.41) is 4.01. The molecule has 3 aliphatic rings. The van der Waals surface area contributed by atoms with Crippen molar-refractivity contribution >= 4 is 21.8 Å². The summed E-state index contributed by atoms with van der Waals surface area (Å²) in [5.41, 5.74) is 3.19. The molecule has 5 heteroatoms. The van der Waals surface area contributed by atoms with Crippen molar-refractivity contribution in [3.8, 4) is 5.75 Å². The number of hydrogen-bond donors (Lipinski definition) is 1. The Bertz CT molecular complexity index is 784. The van der Waals surface area contributed by atoms with Gasteiger partial charge in [-0.2, -0.15) is 0 Å². The van der Waals surface area contributed by atoms with Gasteiger partial charge in [-0.3, -0.25) is 4.79 Å². The van der Waals surface area contributed by atoms with E-state index in [1.165, 1.54) is 30.4 Å². The molecule has 172 valence electrons. The molecule has 0 bridgehead atoms. The van der Waals surface area contributed by atoms with Crippen LogP contribution in [0.1, 0.15) is 69.4 Å². The lowest BCUT2D eigenvalue weighted by atomic mass is 9.54. The van der Waals surface area contributed by atoms with Crippen molar-refractivity contribution in [1.29, 1.82) is 0 Å². The van der Waals surface area contributed by atoms with Gasteiger partial charge in [0.05, 0.1) is 12.7 Å². The monoisotopic (exact) mass is 491 g/mol. The van der Waals surface area contributed by atoms with Crippen LogP contribution in [0.3, 0.4) is 0 Å². The van der Waals surface area contributed by atoms with Gasteiger partial charge in [0, 0.05) is 25.4 Å². The predicted octanol–water partition coefficient (Wildman–Crippen LogP) is 5.47. The number of alkyl halides is 1. The number of methoxy groups -OCH3 is 1. The minimum absolute atomic E-state index is 0.184. The molecule has 0 saturated heterocycles. The van der Waals surface area contributed by atoms with E-state index in [1.807, 2.05) is 14.0 Å². The number of ether oxygens (including phenoxy) is 2. The van der Waals surface area contributed by atoms with Gasteiger partial charge in [-0.05, 0) is 97.8 Å². The fourth-order valence-electron chi connectivity index (χ4n) is 7.21. The Morgan fingerprint density at radius 3 is 2.90 bits per heavy atom. The van der Waals surface area contributed by atoms with Crippen LogP contribution >= 0.6 is 15.9 Å². The van der Waals surface area contributed by atoms with E-state index in [-0.39, 0.29) is 17.4 Å². The van der Waals surface area contributed by atoms with E-state index in [1.54, 1.807) is 0 Å². The third kappa shape index (κ3) is 4.42. The molecule has 0 radical (unpaired) electrons. The van der Waals surface area contributed by atoms with Crippen LogP contribution in [0.25, 0.3) is 0 Å². The Kier molecular flexibility index (Phi) is 7.32. The molecule has 0 unspecified atom stereocenters. The molecule has 3 aliphatic carbocycles. The topological polar surface area (TPSA) is 47.6 Å². The Labute approximate surface area is 196 Å². The molecule has 6 atom stereocenters. The highest BCUT2D eigenvalue weighted by Gasteiger charge is 2.59. The first-order chi connectivity index (χ1) is 15.0. The lowest BCUT2D eigenvalue weighted by Gasteiger charge is -2.51. The number of benzene rings is 1. The Morgan fingerprint density at radius 1 is 1.32 bits per heavy atom. The molecule has 0 aromatic heterocycles. The Hall–Kier alpha value is -1.07. The third-order valence-electron chi connectivity index (χ3n) is 8.41. The molecule has 1 aromatic rings. The van der Waals surface area contributed by atoms with Crippen molar-refractivity contribution < 1.29 is 14.3 Å². The average molecular weight is 492 g/mol. The van der Waals surface area contributed by atoms with Crippen LogP contribution in [0, 0.1) is 23.2 Å². The van der Waals surface area contributed by atoms with Crippen LogP contribution in [0.2, 0.25) is 0 Å². The van der Waals surface area contributed by atoms with Gasteiger partial charge < -0.3 is 14.8 Å². The lowest BCUT2D eigenvalue weighted by molar-refractivity contribution is -0.122. The number of rotatable bonds is 8. The molecule has 1 amide bonds. The lowest BCUT2D eigenvalue weighted by Crippen LogP contribution is -2.46. The zero-order valence-corrected chi connectivity index (χ0v) is 20.9. The van der Waals surface area contributed by atoms with Crippen LogP contribution in [0.15, 0.2) is 18.2 Å². The summed E-state index contributed by atoms with van der Waals surface area (Å²) in [6.07, 6.45) is 7.69. The number of aryl methyl sites for hydroxylation is 1. The van der Waals surface area contributed by atoms with Gasteiger partial charge >= 0.3 is 0 Å². The maximum atomic E-state index is 12.5. The van der Waals surface area contributed by atoms with Crippen molar-refractivity contribution in [3.05, 3.63) is 29.3 Å². The third-order valence-corrected chi connectivity index (χ3v) is 8.97. The second kappa shape index (κ2) is 9.82. The van der Waals surface area contributed by atoms with E-state index < -0.39 is 0 Å². The van der Waals surface area contributed by atoms with Gasteiger partial charge in [0.15, 0.2) is 0 Å². The van der Waals surface area contributed by atoms with E-state index >= 15 is 0 Å². The number of fused-ring (bicyclic) bond motifs is 5. The molecule has 31 heavy (non-hydrogen) atoms. The summed E-state index contributed by atoms with van der Waals surface area (Å²) >= 11 is 3.47. The minimum atomic E-state index is 0.184. The van der Waals surface area contributed by atoms with Crippen molar-refractivity contribution in [1.82, 2.24) is 5.32 Å². The first-order valence-electron chi connectivity index (χ1n) is 12.1. The SMILES string of the molecule is CCNC(=O)C[C@H]1C[C@H](OC)[C@@]2(C)CC[C@@H]3c4ccc(OCCCBr)cc4CC[C@H]3[C@H]12. The van der Waals surface area contributed by atoms with Gasteiger partial charge in [0.2, 0.25) is 5.91 Å². The molecule has 0 heterocycles. The Balaban J connectivity index is 1.57. The van der Waals surface area contributed by atoms with Crippen LogP contribution < -0.4 is 10.1 Å². The van der Waals surface area contributed by atoms with Crippen LogP contribution in [-0.2, 0) is 16.0 Å². The van der Waals surface area contributed by atoms with Gasteiger partial charge in [-0.1, -0.05) is 28.9 Å². The summed E-state index contributed by atoms with van der Waals surface area (Å²) in [6, 6.07) is 6.79. The summed E-state index contributed by atoms with van der Waals surface area (Å²) in [4.78, 5) is 12.5. The van der Waals surface area contributed by atoms with E-state index in [0.717, 1.165) is 36.9 Å². The van der Waals surface area contributed by atoms with Gasteiger partial charge in [-0.25, -0.2) is 0 Å². The zero-order chi connectivity index (χ0) is 22.0. The summed E-state index contributed by atoms with van der Waals surface area (Å²) in [7, 11) is 1.86. The first kappa shape index (κ1) is 23.1. The van der Waals surface area contributed by atoms with Crippen LogP contribution in [0.5, 0.6) is 5.75 Å². The molecule has 1 aromatic carbocycles. The molecule has 4 rings (SSSR count). The van der Waals surface area contributed by atoms with E-state index in [2.05, 4.69) is 46.4 Å². The summed E-state index contributed by atoms with van der Waals surface area (Å²) in [5.74, 6) is 3.43. The average Bonchev–Trinajstić information content (AvgIpc) is 3.05. The molecule has 0 spiro atoms. The van der Waals surface area contributed by atoms with Crippen molar-refractivity contribution in [2.24, 2.45) is 23.2 Å². The van der Waals surface area contributed by atoms with E-state index in [4.69, 9.17) is 9.47 Å². The quantitative estimate of drug-likeness (QED) is 0.387. The predicted molar refractivity (Wildman–Crippen MR) is 128 cm³/mol. The number of amides is 1. The highest BCUT2D eigenvalue weighted by molar-refractivity contribution is 9.09. The number of carbonyl (C=O) groups is 1. The minimum Gasteiger partial charge on any atom is -0.494 e. The summed E-state index contributed by atoms with van der Waals surface area (Å²) < 4.78 is 12.0. The molecule has 0 aliphatic heterocycles. The van der Waals surface area contributed by atoms with Crippen molar-refractivity contribution in [2.45, 2.75) is 70.8 Å². The molecular formula is C26H38BrNO3. The second-order valence-corrected chi connectivity index (χ2v) is 10.8. The number of nitrogens with one attached hydrogen (secondary N) is 1. The van der Waals surface area contributed by atoms with Gasteiger partial charge in [0.25, 0.3) is 0 Å². The van der Waals surface area contributed by atoms with Crippen LogP contribution in [0.4, 0.5) is 0 Å². The van der Waals surface area contributed by atoms with Crippen molar-refractivity contribution in [2.75, 3.05) is 25.6 Å². The van der Waals surface area contributed by atoms with Crippen molar-refractivity contribution in [3.63, 3.8) is 0 Å². The molecule has 2 fully saturated rings. The zero-order valence-electron chi connectivity index (χ0n) is 19.3. The van der Waals surface area contributed by atoms with E-state index in [0.29, 0.717) is 36.6 Å². The number of carbonyl (C=O) groups excluding carboxylic acids is 1. The highest BCUT2D eigenvalue weighted by atomic mass is 79.9. The second-order valence-electron chi connectivity index (χ2n) is 10.0. The summed E-state index contributed by atoms with van der Waals surface area (Å²) in [6.45, 7) is 5.91. The highest BCUT2D eigenvalue weighted by Crippen LogP contribution is 2.64. The van der Waals surface area contributed by atoms with Gasteiger partial charge in [-0.15, -0.1) is 0 Å². The Morgan fingerprint density at radius 2 is 2.16 bits per heavy atom. The maximum absolute atomic E-state index is 12.5. The molecule has 4 nitrogen and oxygen atoms in total. The largest absolute Gasteiger partial charge is 0.494 e. The standard InChI is InChI=1S/C26H38BrNO3/c1-4-28-24(29)16-18-15-23(30-3)26(2)11-10-21-20-9-7-19(31-13-5-12-27)14-17(20)6-8-22(21)25(18)26/h7,9,14,18,21-23,25H,4-6,8,10-13,15-16H2,1-3H3,(H,28,29)/t18-,21-,22-,23+,25+,26-/m1/s1. The van der Waals surface area contributed by atoms with E-state index in [9.17, 15) is 4.79 Å². The first-order valence-corrected chi connectivity index (χ1v) is 13.2. The fraction of sp³-hybridized carbons (Fsp3) is 0.731. The fourth-order valence-corrected chi connectivity index (χ4v) is 7.44. The molecule has 2 saturated carbocycles. The maximum Gasteiger partial charge on any atom is 0.220 e. The molecule has 1 N–H and O–H groups in total. The smallest absolute Gasteiger partial charge is 0.220 e. The van der Waals surface area contributed by atoms with Crippen LogP contribution in [-0.4, -0.2) is 37.6 Å². The molecular weight excluding hydrogens is 454 g/mol.